The lowest BCUT2D eigenvalue weighted by Gasteiger charge is -2.37. The Hall–Kier alpha value is -6.21. The van der Waals surface area contributed by atoms with Crippen molar-refractivity contribution in [1.29, 1.82) is 0 Å². The van der Waals surface area contributed by atoms with Crippen LogP contribution < -0.4 is 5.32 Å². The van der Waals surface area contributed by atoms with Gasteiger partial charge in [-0.3, -0.25) is 4.79 Å². The van der Waals surface area contributed by atoms with Crippen LogP contribution in [0.25, 0.3) is 11.1 Å². The number of rotatable bonds is 10. The second kappa shape index (κ2) is 14.3. The number of nitrogens with one attached hydrogen (secondary N) is 1. The van der Waals surface area contributed by atoms with Gasteiger partial charge < -0.3 is 9.88 Å². The maximum absolute atomic E-state index is 13.7. The van der Waals surface area contributed by atoms with Crippen LogP contribution in [0, 0.1) is 0 Å². The average molecular weight is 678 g/mol. The topological polar surface area (TPSA) is 46.9 Å². The van der Waals surface area contributed by atoms with Gasteiger partial charge in [0, 0.05) is 17.4 Å². The van der Waals surface area contributed by atoms with Crippen molar-refractivity contribution >= 4 is 11.6 Å². The lowest BCUT2D eigenvalue weighted by atomic mass is 9.77. The van der Waals surface area contributed by atoms with Gasteiger partial charge in [-0.2, -0.15) is 13.2 Å². The van der Waals surface area contributed by atoms with Gasteiger partial charge in [0.05, 0.1) is 17.6 Å². The van der Waals surface area contributed by atoms with Crippen molar-refractivity contribution in [1.82, 2.24) is 9.55 Å². The van der Waals surface area contributed by atoms with Gasteiger partial charge in [-0.1, -0.05) is 146 Å². The minimum Gasteiger partial charge on any atom is -0.322 e. The van der Waals surface area contributed by atoms with E-state index >= 15 is 0 Å². The fourth-order valence-corrected chi connectivity index (χ4v) is 6.75. The number of hydrogen-bond acceptors (Lipinski definition) is 2. The number of nitrogens with zero attached hydrogens (tertiary/aromatic N) is 2. The summed E-state index contributed by atoms with van der Waals surface area (Å²) in [6, 6.07) is 50.7. The molecular formula is C44H34F3N3O. The Bertz CT molecular complexity index is 2140. The number of imidazole rings is 1. The monoisotopic (exact) mass is 677 g/mol. The second-order valence-electron chi connectivity index (χ2n) is 12.3. The van der Waals surface area contributed by atoms with E-state index in [4.69, 9.17) is 4.98 Å². The molecule has 7 heteroatoms. The summed E-state index contributed by atoms with van der Waals surface area (Å²) in [5.74, 6) is -0.616. The molecule has 6 aromatic carbocycles. The van der Waals surface area contributed by atoms with Crippen molar-refractivity contribution in [2.24, 2.45) is 0 Å². The molecule has 7 aromatic rings. The van der Waals surface area contributed by atoms with Gasteiger partial charge in [0.15, 0.2) is 0 Å². The highest BCUT2D eigenvalue weighted by Crippen LogP contribution is 2.41. The molecule has 0 saturated carbocycles. The smallest absolute Gasteiger partial charge is 0.322 e. The summed E-state index contributed by atoms with van der Waals surface area (Å²) in [5.41, 5.74) is 4.93. The molecule has 252 valence electrons. The third kappa shape index (κ3) is 6.83. The molecule has 1 amide bonds. The van der Waals surface area contributed by atoms with Crippen LogP contribution in [0.3, 0.4) is 0 Å². The Kier molecular flexibility index (Phi) is 9.36. The zero-order chi connectivity index (χ0) is 35.3. The van der Waals surface area contributed by atoms with Crippen LogP contribution in [0.1, 0.15) is 43.9 Å². The highest BCUT2D eigenvalue weighted by atomic mass is 19.4. The van der Waals surface area contributed by atoms with E-state index in [-0.39, 0.29) is 5.56 Å². The molecule has 0 fully saturated rings. The fraction of sp³-hybridized carbons (Fsp3) is 0.0909. The van der Waals surface area contributed by atoms with Crippen LogP contribution in [0.5, 0.6) is 0 Å². The Balaban J connectivity index is 1.19. The first-order valence-electron chi connectivity index (χ1n) is 16.7. The van der Waals surface area contributed by atoms with E-state index in [9.17, 15) is 18.0 Å². The van der Waals surface area contributed by atoms with E-state index in [2.05, 4.69) is 52.5 Å². The average Bonchev–Trinajstić information content (AvgIpc) is 3.65. The zero-order valence-corrected chi connectivity index (χ0v) is 27.6. The molecule has 0 aliphatic carbocycles. The standard InChI is InChI=1S/C44H34F3N3O/c45-44(46,47)37-26-28-39(32-15-5-1-6-16-32)40(29-37)42(51)49-41-24-14-13-17-33(41)25-27-38-30-50(31-48-38)43(34-18-7-2-8-19-34,35-20-9-3-10-21-35)36-22-11-4-12-23-36/h1-24,26,28-31H,25,27H2,(H,49,51). The van der Waals surface area contributed by atoms with Gasteiger partial charge in [0.25, 0.3) is 5.91 Å². The number of carbonyl (C=O) groups is 1. The molecule has 0 unspecified atom stereocenters. The number of alkyl halides is 3. The quantitative estimate of drug-likeness (QED) is 0.147. The predicted octanol–water partition coefficient (Wildman–Crippen LogP) is 10.4. The van der Waals surface area contributed by atoms with Gasteiger partial charge >= 0.3 is 6.18 Å². The van der Waals surface area contributed by atoms with Gasteiger partial charge in [-0.15, -0.1) is 0 Å². The maximum Gasteiger partial charge on any atom is 0.416 e. The van der Waals surface area contributed by atoms with Crippen molar-refractivity contribution in [3.8, 4) is 11.1 Å². The molecule has 7 rings (SSSR count). The normalized spacial score (nSPS) is 11.7. The minimum atomic E-state index is -4.59. The Morgan fingerprint density at radius 3 is 1.71 bits per heavy atom. The van der Waals surface area contributed by atoms with Gasteiger partial charge in [0.2, 0.25) is 0 Å². The first-order valence-corrected chi connectivity index (χ1v) is 16.7. The summed E-state index contributed by atoms with van der Waals surface area (Å²) in [6.07, 6.45) is 0.451. The Morgan fingerprint density at radius 2 is 1.14 bits per heavy atom. The molecule has 1 heterocycles. The van der Waals surface area contributed by atoms with Crippen molar-refractivity contribution < 1.29 is 18.0 Å². The van der Waals surface area contributed by atoms with E-state index in [1.165, 1.54) is 6.07 Å². The Labute approximate surface area is 294 Å². The van der Waals surface area contributed by atoms with Crippen LogP contribution in [-0.4, -0.2) is 15.5 Å². The number of anilines is 1. The Morgan fingerprint density at radius 1 is 0.608 bits per heavy atom. The number of hydrogen-bond donors (Lipinski definition) is 1. The molecule has 1 N–H and O–H groups in total. The highest BCUT2D eigenvalue weighted by molar-refractivity contribution is 6.09. The summed E-state index contributed by atoms with van der Waals surface area (Å²) < 4.78 is 43.4. The first kappa shape index (κ1) is 33.3. The zero-order valence-electron chi connectivity index (χ0n) is 27.6. The van der Waals surface area contributed by atoms with Gasteiger partial charge in [0.1, 0.15) is 5.54 Å². The maximum atomic E-state index is 13.7. The molecule has 1 aromatic heterocycles. The largest absolute Gasteiger partial charge is 0.416 e. The summed E-state index contributed by atoms with van der Waals surface area (Å²) in [4.78, 5) is 18.6. The number of amides is 1. The predicted molar refractivity (Wildman–Crippen MR) is 196 cm³/mol. The number of carbonyl (C=O) groups excluding carboxylic acids is 1. The van der Waals surface area contributed by atoms with Crippen molar-refractivity contribution in [3.05, 3.63) is 215 Å². The number of para-hydroxylation sites is 1. The number of halogens is 3. The second-order valence-corrected chi connectivity index (χ2v) is 12.3. The molecule has 0 radical (unpaired) electrons. The van der Waals surface area contributed by atoms with E-state index in [1.54, 1.807) is 36.4 Å². The van der Waals surface area contributed by atoms with Gasteiger partial charge in [-0.05, 0) is 64.4 Å². The summed E-state index contributed by atoms with van der Waals surface area (Å²) in [7, 11) is 0. The molecule has 0 spiro atoms. The number of aryl methyl sites for hydroxylation is 2. The third-order valence-electron chi connectivity index (χ3n) is 9.19. The van der Waals surface area contributed by atoms with Crippen LogP contribution in [0.2, 0.25) is 0 Å². The van der Waals surface area contributed by atoms with Crippen LogP contribution >= 0.6 is 0 Å². The molecular weight excluding hydrogens is 643 g/mol. The SMILES string of the molecule is O=C(Nc1ccccc1CCc1cn(C(c2ccccc2)(c2ccccc2)c2ccccc2)cn1)c1cc(C(F)(F)F)ccc1-c1ccccc1. The van der Waals surface area contributed by atoms with E-state index < -0.39 is 23.2 Å². The fourth-order valence-electron chi connectivity index (χ4n) is 6.75. The van der Waals surface area contributed by atoms with Crippen molar-refractivity contribution in [2.75, 3.05) is 5.32 Å². The van der Waals surface area contributed by atoms with Gasteiger partial charge in [-0.25, -0.2) is 4.98 Å². The van der Waals surface area contributed by atoms with E-state index in [0.717, 1.165) is 40.1 Å². The molecule has 0 aliphatic rings. The summed E-state index contributed by atoms with van der Waals surface area (Å²) in [6.45, 7) is 0. The molecule has 0 saturated heterocycles. The highest BCUT2D eigenvalue weighted by Gasteiger charge is 2.38. The number of aromatic nitrogens is 2. The van der Waals surface area contributed by atoms with Crippen molar-refractivity contribution in [2.45, 2.75) is 24.6 Å². The third-order valence-corrected chi connectivity index (χ3v) is 9.19. The molecule has 51 heavy (non-hydrogen) atoms. The minimum absolute atomic E-state index is 0.0522. The van der Waals surface area contributed by atoms with E-state index in [0.29, 0.717) is 29.7 Å². The van der Waals surface area contributed by atoms with Crippen LogP contribution in [-0.2, 0) is 24.6 Å². The lowest BCUT2D eigenvalue weighted by molar-refractivity contribution is -0.137. The van der Waals surface area contributed by atoms with Crippen LogP contribution in [0.15, 0.2) is 176 Å². The molecule has 0 aliphatic heterocycles. The van der Waals surface area contributed by atoms with E-state index in [1.807, 2.05) is 79.1 Å². The van der Waals surface area contributed by atoms with Crippen molar-refractivity contribution in [3.63, 3.8) is 0 Å². The summed E-state index contributed by atoms with van der Waals surface area (Å²) >= 11 is 0. The first-order chi connectivity index (χ1) is 24.8. The lowest BCUT2D eigenvalue weighted by Crippen LogP contribution is -2.36. The van der Waals surface area contributed by atoms with Crippen LogP contribution in [0.4, 0.5) is 18.9 Å². The summed E-state index contributed by atoms with van der Waals surface area (Å²) in [5, 5.41) is 2.91. The molecule has 0 atom stereocenters. The molecule has 0 bridgehead atoms. The molecule has 4 nitrogen and oxygen atoms in total. The number of benzene rings is 6.